The molecule has 6 heteroatoms. The Labute approximate surface area is 197 Å². The van der Waals surface area contributed by atoms with Crippen molar-refractivity contribution in [1.29, 1.82) is 0 Å². The Morgan fingerprint density at radius 2 is 1.67 bits per heavy atom. The number of para-hydroxylation sites is 1. The van der Waals surface area contributed by atoms with Crippen LogP contribution in [0.4, 0.5) is 5.69 Å². The van der Waals surface area contributed by atoms with Gasteiger partial charge in [0.2, 0.25) is 5.91 Å². The molecule has 1 saturated carbocycles. The SMILES string of the molecule is CC(C)C1CCC(N2CCC(N3C(=O)/C(=C\C(=O)CCC(N)=O)c4ccccc43)CC2)CC1. The molecule has 2 aliphatic heterocycles. The summed E-state index contributed by atoms with van der Waals surface area (Å²) in [5.41, 5.74) is 7.31. The Kier molecular flexibility index (Phi) is 7.32. The predicted molar refractivity (Wildman–Crippen MR) is 131 cm³/mol. The van der Waals surface area contributed by atoms with Gasteiger partial charge in [-0.05, 0) is 62.5 Å². The van der Waals surface area contributed by atoms with Crippen molar-refractivity contribution in [3.8, 4) is 0 Å². The first-order valence-electron chi connectivity index (χ1n) is 12.5. The minimum absolute atomic E-state index is 0.000291. The third-order valence-electron chi connectivity index (χ3n) is 7.89. The van der Waals surface area contributed by atoms with Crippen LogP contribution in [0.15, 0.2) is 30.3 Å². The summed E-state index contributed by atoms with van der Waals surface area (Å²) in [4.78, 5) is 41.4. The number of fused-ring (bicyclic) bond motifs is 1. The van der Waals surface area contributed by atoms with E-state index < -0.39 is 5.91 Å². The van der Waals surface area contributed by atoms with E-state index >= 15 is 0 Å². The highest BCUT2D eigenvalue weighted by Crippen LogP contribution is 2.40. The summed E-state index contributed by atoms with van der Waals surface area (Å²) in [6.45, 7) is 6.72. The van der Waals surface area contributed by atoms with E-state index in [9.17, 15) is 14.4 Å². The van der Waals surface area contributed by atoms with Crippen molar-refractivity contribution in [1.82, 2.24) is 4.90 Å². The molecule has 0 radical (unpaired) electrons. The van der Waals surface area contributed by atoms with Crippen molar-refractivity contribution in [2.75, 3.05) is 18.0 Å². The van der Waals surface area contributed by atoms with Gasteiger partial charge in [-0.25, -0.2) is 0 Å². The van der Waals surface area contributed by atoms with Crippen LogP contribution in [-0.4, -0.2) is 47.7 Å². The monoisotopic (exact) mass is 451 g/mol. The van der Waals surface area contributed by atoms with Crippen LogP contribution >= 0.6 is 0 Å². The van der Waals surface area contributed by atoms with E-state index in [0.717, 1.165) is 49.0 Å². The number of nitrogens with two attached hydrogens (primary N) is 1. The smallest absolute Gasteiger partial charge is 0.259 e. The van der Waals surface area contributed by atoms with Gasteiger partial charge in [-0.1, -0.05) is 32.0 Å². The number of carbonyl (C=O) groups excluding carboxylic acids is 3. The van der Waals surface area contributed by atoms with E-state index in [2.05, 4.69) is 18.7 Å². The molecule has 0 bridgehead atoms. The first-order valence-corrected chi connectivity index (χ1v) is 12.5. The number of benzene rings is 1. The highest BCUT2D eigenvalue weighted by molar-refractivity contribution is 6.35. The summed E-state index contributed by atoms with van der Waals surface area (Å²) in [5, 5.41) is 0. The minimum atomic E-state index is -0.508. The Bertz CT molecular complexity index is 922. The Balaban J connectivity index is 1.42. The first kappa shape index (κ1) is 23.7. The number of allylic oxidation sites excluding steroid dienone is 1. The number of amides is 2. The zero-order valence-electron chi connectivity index (χ0n) is 20.0. The van der Waals surface area contributed by atoms with Gasteiger partial charge in [-0.3, -0.25) is 14.4 Å². The van der Waals surface area contributed by atoms with Crippen molar-refractivity contribution >= 4 is 28.9 Å². The van der Waals surface area contributed by atoms with E-state index in [-0.39, 0.29) is 30.6 Å². The molecule has 2 amide bonds. The number of rotatable bonds is 7. The number of anilines is 1. The van der Waals surface area contributed by atoms with Gasteiger partial charge < -0.3 is 15.5 Å². The van der Waals surface area contributed by atoms with Crippen molar-refractivity contribution in [2.45, 2.75) is 77.3 Å². The lowest BCUT2D eigenvalue weighted by Crippen LogP contribution is -2.49. The summed E-state index contributed by atoms with van der Waals surface area (Å²) in [5.74, 6) is 0.808. The largest absolute Gasteiger partial charge is 0.370 e. The van der Waals surface area contributed by atoms with Crippen LogP contribution in [0, 0.1) is 11.8 Å². The summed E-state index contributed by atoms with van der Waals surface area (Å²) in [7, 11) is 0. The molecule has 33 heavy (non-hydrogen) atoms. The topological polar surface area (TPSA) is 83.7 Å². The first-order chi connectivity index (χ1) is 15.8. The highest BCUT2D eigenvalue weighted by Gasteiger charge is 2.39. The van der Waals surface area contributed by atoms with Crippen molar-refractivity contribution in [2.24, 2.45) is 17.6 Å². The number of primary amides is 1. The molecule has 0 spiro atoms. The molecule has 2 fully saturated rings. The van der Waals surface area contributed by atoms with E-state index in [4.69, 9.17) is 5.73 Å². The van der Waals surface area contributed by atoms with Crippen molar-refractivity contribution in [3.05, 3.63) is 35.9 Å². The van der Waals surface area contributed by atoms with Crippen LogP contribution < -0.4 is 10.6 Å². The molecule has 1 aromatic rings. The molecule has 4 rings (SSSR count). The molecule has 3 aliphatic rings. The van der Waals surface area contributed by atoms with Crippen LogP contribution in [0.25, 0.3) is 5.57 Å². The lowest BCUT2D eigenvalue weighted by molar-refractivity contribution is -0.121. The number of nitrogens with zero attached hydrogens (tertiary/aromatic N) is 2. The molecule has 2 heterocycles. The number of piperidine rings is 1. The second kappa shape index (κ2) is 10.2. The fourth-order valence-electron chi connectivity index (χ4n) is 5.89. The molecule has 178 valence electrons. The number of carbonyl (C=O) groups is 3. The fraction of sp³-hybridized carbons (Fsp3) is 0.593. The molecular weight excluding hydrogens is 414 g/mol. The summed E-state index contributed by atoms with van der Waals surface area (Å²) in [6, 6.07) is 8.55. The maximum Gasteiger partial charge on any atom is 0.259 e. The normalized spacial score (nSPS) is 25.6. The maximum atomic E-state index is 13.4. The molecule has 1 aliphatic carbocycles. The highest BCUT2D eigenvalue weighted by atomic mass is 16.2. The van der Waals surface area contributed by atoms with Gasteiger partial charge in [0.15, 0.2) is 5.78 Å². The lowest BCUT2D eigenvalue weighted by Gasteiger charge is -2.43. The van der Waals surface area contributed by atoms with E-state index in [1.54, 1.807) is 0 Å². The number of likely N-dealkylation sites (tertiary alicyclic amines) is 1. The van der Waals surface area contributed by atoms with E-state index in [0.29, 0.717) is 11.6 Å². The quantitative estimate of drug-likeness (QED) is 0.637. The average Bonchev–Trinajstić information content (AvgIpc) is 3.09. The van der Waals surface area contributed by atoms with Crippen LogP contribution in [0.2, 0.25) is 0 Å². The van der Waals surface area contributed by atoms with Crippen molar-refractivity contribution < 1.29 is 14.4 Å². The average molecular weight is 452 g/mol. The lowest BCUT2D eigenvalue weighted by atomic mass is 9.79. The zero-order valence-corrected chi connectivity index (χ0v) is 20.0. The number of hydrogen-bond acceptors (Lipinski definition) is 4. The van der Waals surface area contributed by atoms with Crippen LogP contribution in [-0.2, 0) is 14.4 Å². The molecule has 6 nitrogen and oxygen atoms in total. The van der Waals surface area contributed by atoms with Crippen LogP contribution in [0.5, 0.6) is 0 Å². The van der Waals surface area contributed by atoms with E-state index in [1.807, 2.05) is 29.2 Å². The Morgan fingerprint density at radius 1 is 1.00 bits per heavy atom. The molecule has 2 N–H and O–H groups in total. The number of hydrogen-bond donors (Lipinski definition) is 1. The van der Waals surface area contributed by atoms with Gasteiger partial charge >= 0.3 is 0 Å². The molecule has 1 aromatic carbocycles. The van der Waals surface area contributed by atoms with Gasteiger partial charge in [0.05, 0.1) is 11.3 Å². The van der Waals surface area contributed by atoms with Gasteiger partial charge in [0, 0.05) is 43.6 Å². The second-order valence-corrected chi connectivity index (χ2v) is 10.3. The summed E-state index contributed by atoms with van der Waals surface area (Å²) >= 11 is 0. The molecule has 0 aromatic heterocycles. The predicted octanol–water partition coefficient (Wildman–Crippen LogP) is 3.93. The standard InChI is InChI=1S/C27H37N3O3/c1-18(2)19-7-9-20(10-8-19)29-15-13-21(14-16-29)30-25-6-4-3-5-23(25)24(27(30)33)17-22(31)11-12-26(28)32/h3-6,17-21H,7-16H2,1-2H3,(H2,28,32)/b24-17-. The third kappa shape index (κ3) is 5.21. The van der Waals surface area contributed by atoms with Crippen LogP contribution in [0.3, 0.4) is 0 Å². The van der Waals surface area contributed by atoms with Gasteiger partial charge in [-0.15, -0.1) is 0 Å². The summed E-state index contributed by atoms with van der Waals surface area (Å²) < 4.78 is 0. The minimum Gasteiger partial charge on any atom is -0.370 e. The molecule has 0 unspecified atom stereocenters. The van der Waals surface area contributed by atoms with Crippen molar-refractivity contribution in [3.63, 3.8) is 0 Å². The molecule has 1 saturated heterocycles. The number of ketones is 1. The Hall–Kier alpha value is -2.47. The second-order valence-electron chi connectivity index (χ2n) is 10.3. The van der Waals surface area contributed by atoms with Gasteiger partial charge in [0.1, 0.15) is 0 Å². The zero-order chi connectivity index (χ0) is 23.5. The van der Waals surface area contributed by atoms with Gasteiger partial charge in [-0.2, -0.15) is 0 Å². The summed E-state index contributed by atoms with van der Waals surface area (Å²) in [6.07, 6.45) is 8.59. The molecule has 0 atom stereocenters. The maximum absolute atomic E-state index is 13.4. The van der Waals surface area contributed by atoms with E-state index in [1.165, 1.54) is 31.8 Å². The van der Waals surface area contributed by atoms with Gasteiger partial charge in [0.25, 0.3) is 5.91 Å². The van der Waals surface area contributed by atoms with Crippen LogP contribution in [0.1, 0.15) is 70.8 Å². The molecular formula is C27H37N3O3. The third-order valence-corrected chi connectivity index (χ3v) is 7.89. The Morgan fingerprint density at radius 3 is 2.30 bits per heavy atom. The fourth-order valence-corrected chi connectivity index (χ4v) is 5.89.